The Kier molecular flexibility index (Phi) is 8.43. The fraction of sp³-hybridized carbons (Fsp3) is 0.294. The molecule has 0 spiro atoms. The number of carbonyl (C=O) groups is 1. The third-order valence-electron chi connectivity index (χ3n) is 8.19. The van der Waals surface area contributed by atoms with Crippen LogP contribution in [0.3, 0.4) is 0 Å². The molecule has 44 heavy (non-hydrogen) atoms. The van der Waals surface area contributed by atoms with E-state index in [0.29, 0.717) is 40.0 Å². The Bertz CT molecular complexity index is 1870. The number of carbonyl (C=O) groups excluding carboxylic acids is 1. The monoisotopic (exact) mass is 612 g/mol. The molecule has 1 aliphatic rings. The van der Waals surface area contributed by atoms with E-state index in [9.17, 15) is 9.59 Å². The molecule has 5 aromatic rings. The van der Waals surface area contributed by atoms with Crippen molar-refractivity contribution in [1.29, 1.82) is 0 Å². The summed E-state index contributed by atoms with van der Waals surface area (Å²) in [5.74, 6) is 1.09. The van der Waals surface area contributed by atoms with E-state index < -0.39 is 11.4 Å². The SMILES string of the molecule is COc1ccc(Cn2c(-c3ccccc3F)nc3sc(N4CCC[C@@H]4C(=O)C[C@H](C)c4ccccc4)nc3c2=O)c(OC)c1. The van der Waals surface area contributed by atoms with E-state index in [2.05, 4.69) is 6.92 Å². The number of ketones is 1. The van der Waals surface area contributed by atoms with E-state index in [4.69, 9.17) is 19.4 Å². The molecule has 1 aliphatic heterocycles. The van der Waals surface area contributed by atoms with E-state index >= 15 is 4.39 Å². The number of thiazole rings is 1. The van der Waals surface area contributed by atoms with Crippen LogP contribution in [0.2, 0.25) is 0 Å². The summed E-state index contributed by atoms with van der Waals surface area (Å²) in [4.78, 5) is 39.6. The summed E-state index contributed by atoms with van der Waals surface area (Å²) >= 11 is 1.26. The standard InChI is InChI=1S/C34H33FN4O4S/c1-21(22-10-5-4-6-11-22)18-28(40)27-14-9-17-38(27)34-36-30-32(44-34)37-31(25-12-7-8-13-26(25)35)39(33(30)41)20-23-15-16-24(42-2)19-29(23)43-3/h4-8,10-13,15-16,19,21,27H,9,14,17-18,20H2,1-3H3/t21-,27+/m0/s1. The highest BCUT2D eigenvalue weighted by molar-refractivity contribution is 7.21. The lowest BCUT2D eigenvalue weighted by Gasteiger charge is -2.24. The van der Waals surface area contributed by atoms with Crippen LogP contribution in [0.15, 0.2) is 77.6 Å². The van der Waals surface area contributed by atoms with Crippen molar-refractivity contribution in [3.05, 3.63) is 100 Å². The number of anilines is 1. The number of halogens is 1. The van der Waals surface area contributed by atoms with E-state index in [1.165, 1.54) is 22.0 Å². The highest BCUT2D eigenvalue weighted by Crippen LogP contribution is 2.35. The van der Waals surface area contributed by atoms with Gasteiger partial charge in [0.1, 0.15) is 23.1 Å². The van der Waals surface area contributed by atoms with Gasteiger partial charge in [-0.15, -0.1) is 0 Å². The molecule has 0 bridgehead atoms. The number of fused-ring (bicyclic) bond motifs is 1. The number of nitrogens with zero attached hydrogens (tertiary/aromatic N) is 4. The van der Waals surface area contributed by atoms with Crippen LogP contribution in [-0.2, 0) is 11.3 Å². The molecule has 0 saturated carbocycles. The molecule has 1 fully saturated rings. The first-order valence-corrected chi connectivity index (χ1v) is 15.4. The molecule has 3 aromatic carbocycles. The van der Waals surface area contributed by atoms with Crippen molar-refractivity contribution in [2.45, 2.75) is 44.7 Å². The average Bonchev–Trinajstić information content (AvgIpc) is 3.71. The smallest absolute Gasteiger partial charge is 0.281 e. The van der Waals surface area contributed by atoms with Crippen molar-refractivity contribution in [1.82, 2.24) is 14.5 Å². The number of Topliss-reactive ketones (excluding diaryl/α,β-unsaturated/α-hetero) is 1. The van der Waals surface area contributed by atoms with E-state index in [-0.39, 0.29) is 41.2 Å². The zero-order valence-electron chi connectivity index (χ0n) is 24.8. The average molecular weight is 613 g/mol. The van der Waals surface area contributed by atoms with Crippen molar-refractivity contribution in [3.63, 3.8) is 0 Å². The van der Waals surface area contributed by atoms with Gasteiger partial charge in [-0.25, -0.2) is 14.4 Å². The van der Waals surface area contributed by atoms with E-state index in [1.54, 1.807) is 44.6 Å². The van der Waals surface area contributed by atoms with Gasteiger partial charge >= 0.3 is 0 Å². The summed E-state index contributed by atoms with van der Waals surface area (Å²) in [6.07, 6.45) is 2.00. The molecular formula is C34H33FN4O4S. The zero-order chi connectivity index (χ0) is 30.8. The fourth-order valence-corrected chi connectivity index (χ4v) is 6.84. The van der Waals surface area contributed by atoms with Crippen molar-refractivity contribution in [2.75, 3.05) is 25.7 Å². The second-order valence-electron chi connectivity index (χ2n) is 11.0. The van der Waals surface area contributed by atoms with Gasteiger partial charge in [0, 0.05) is 24.6 Å². The topological polar surface area (TPSA) is 86.5 Å². The van der Waals surface area contributed by atoms with Gasteiger partial charge in [0.05, 0.1) is 32.4 Å². The third kappa shape index (κ3) is 5.69. The van der Waals surface area contributed by atoms with Crippen LogP contribution in [-0.4, -0.2) is 47.1 Å². The minimum absolute atomic E-state index is 0.0771. The normalized spacial score (nSPS) is 15.5. The Balaban J connectivity index is 1.39. The largest absolute Gasteiger partial charge is 0.497 e. The van der Waals surface area contributed by atoms with Crippen molar-refractivity contribution in [3.8, 4) is 22.9 Å². The lowest BCUT2D eigenvalue weighted by molar-refractivity contribution is -0.120. The maximum atomic E-state index is 15.1. The Morgan fingerprint density at radius 2 is 1.82 bits per heavy atom. The Morgan fingerprint density at radius 3 is 2.57 bits per heavy atom. The maximum Gasteiger partial charge on any atom is 0.281 e. The Hall–Kier alpha value is -4.57. The van der Waals surface area contributed by atoms with Gasteiger partial charge in [-0.3, -0.25) is 14.2 Å². The molecular weight excluding hydrogens is 579 g/mol. The van der Waals surface area contributed by atoms with Gasteiger partial charge in [0.25, 0.3) is 5.56 Å². The molecule has 226 valence electrons. The lowest BCUT2D eigenvalue weighted by atomic mass is 9.93. The number of methoxy groups -OCH3 is 2. The first-order chi connectivity index (χ1) is 21.4. The second-order valence-corrected chi connectivity index (χ2v) is 11.9. The van der Waals surface area contributed by atoms with Crippen molar-refractivity contribution in [2.24, 2.45) is 0 Å². The molecule has 2 aromatic heterocycles. The van der Waals surface area contributed by atoms with Crippen LogP contribution in [0.5, 0.6) is 11.5 Å². The molecule has 10 heteroatoms. The summed E-state index contributed by atoms with van der Waals surface area (Å²) in [7, 11) is 3.11. The molecule has 3 heterocycles. The van der Waals surface area contributed by atoms with Gasteiger partial charge in [-0.2, -0.15) is 0 Å². The summed E-state index contributed by atoms with van der Waals surface area (Å²) in [6, 6.07) is 21.3. The highest BCUT2D eigenvalue weighted by atomic mass is 32.1. The molecule has 1 saturated heterocycles. The van der Waals surface area contributed by atoms with E-state index in [1.807, 2.05) is 41.3 Å². The Labute approximate surface area is 258 Å². The van der Waals surface area contributed by atoms with Crippen LogP contribution in [0.4, 0.5) is 9.52 Å². The minimum Gasteiger partial charge on any atom is -0.497 e. The van der Waals surface area contributed by atoms with Gasteiger partial charge in [-0.1, -0.05) is 60.7 Å². The molecule has 8 nitrogen and oxygen atoms in total. The molecule has 0 amide bonds. The van der Waals surface area contributed by atoms with Crippen molar-refractivity contribution >= 4 is 32.6 Å². The fourth-order valence-electron chi connectivity index (χ4n) is 5.83. The molecule has 0 unspecified atom stereocenters. The van der Waals surface area contributed by atoms with E-state index in [0.717, 1.165) is 18.4 Å². The summed E-state index contributed by atoms with van der Waals surface area (Å²) in [5, 5.41) is 0.576. The second kappa shape index (κ2) is 12.6. The number of rotatable bonds is 10. The summed E-state index contributed by atoms with van der Waals surface area (Å²) < 4.78 is 27.5. The number of aromatic nitrogens is 3. The number of hydrogen-bond acceptors (Lipinski definition) is 8. The molecule has 0 radical (unpaired) electrons. The first-order valence-electron chi connectivity index (χ1n) is 14.6. The van der Waals surface area contributed by atoms with Crippen LogP contribution >= 0.6 is 11.3 Å². The van der Waals surface area contributed by atoms with Crippen LogP contribution in [0, 0.1) is 5.82 Å². The van der Waals surface area contributed by atoms with Crippen LogP contribution in [0.1, 0.15) is 43.2 Å². The molecule has 0 aliphatic carbocycles. The predicted molar refractivity (Wildman–Crippen MR) is 171 cm³/mol. The minimum atomic E-state index is -0.489. The van der Waals surface area contributed by atoms with Crippen LogP contribution in [0.25, 0.3) is 21.7 Å². The molecule has 0 N–H and O–H groups in total. The highest BCUT2D eigenvalue weighted by Gasteiger charge is 2.34. The maximum absolute atomic E-state index is 15.1. The number of ether oxygens (including phenoxy) is 2. The quantitative estimate of drug-likeness (QED) is 0.179. The van der Waals surface area contributed by atoms with Gasteiger partial charge in [0.15, 0.2) is 21.3 Å². The van der Waals surface area contributed by atoms with Crippen LogP contribution < -0.4 is 19.9 Å². The summed E-state index contributed by atoms with van der Waals surface area (Å²) in [6.45, 7) is 2.81. The van der Waals surface area contributed by atoms with Gasteiger partial charge in [-0.05, 0) is 48.6 Å². The molecule has 6 rings (SSSR count). The molecule has 2 atom stereocenters. The lowest BCUT2D eigenvalue weighted by Crippen LogP contribution is -2.36. The van der Waals surface area contributed by atoms with Crippen molar-refractivity contribution < 1.29 is 18.7 Å². The summed E-state index contributed by atoms with van der Waals surface area (Å²) in [5.41, 5.74) is 1.83. The first kappa shape index (κ1) is 29.5. The van der Waals surface area contributed by atoms with Gasteiger partial charge in [0.2, 0.25) is 0 Å². The number of hydrogen-bond donors (Lipinski definition) is 0. The zero-order valence-corrected chi connectivity index (χ0v) is 25.6. The Morgan fingerprint density at radius 1 is 1.05 bits per heavy atom. The third-order valence-corrected chi connectivity index (χ3v) is 9.18. The predicted octanol–water partition coefficient (Wildman–Crippen LogP) is 6.46. The number of benzene rings is 3. The van der Waals surface area contributed by atoms with Gasteiger partial charge < -0.3 is 14.4 Å².